The summed E-state index contributed by atoms with van der Waals surface area (Å²) in [4.78, 5) is 12.9. The average Bonchev–Trinajstić information content (AvgIpc) is 3.01. The molecule has 2 heterocycles. The van der Waals surface area contributed by atoms with E-state index in [2.05, 4.69) is 17.9 Å². The lowest BCUT2D eigenvalue weighted by atomic mass is 10.0. The summed E-state index contributed by atoms with van der Waals surface area (Å²) in [5.74, 6) is 0.863. The van der Waals surface area contributed by atoms with Gasteiger partial charge in [-0.2, -0.15) is 0 Å². The van der Waals surface area contributed by atoms with E-state index in [0.29, 0.717) is 6.04 Å². The Kier molecular flexibility index (Phi) is 3.77. The van der Waals surface area contributed by atoms with Crippen molar-refractivity contribution < 1.29 is 4.55 Å². The molecule has 0 saturated carbocycles. The second-order valence-electron chi connectivity index (χ2n) is 6.46. The molecule has 0 N–H and O–H groups in total. The Bertz CT molecular complexity index is 747. The van der Waals surface area contributed by atoms with Crippen LogP contribution in [0.5, 0.6) is 0 Å². The van der Waals surface area contributed by atoms with Gasteiger partial charge >= 0.3 is 0 Å². The second-order valence-corrected chi connectivity index (χ2v) is 7.84. The van der Waals surface area contributed by atoms with Crippen molar-refractivity contribution in [2.45, 2.75) is 43.5 Å². The molecule has 120 valence electrons. The quantitative estimate of drug-likeness (QED) is 0.813. The van der Waals surface area contributed by atoms with Crippen LogP contribution in [0.2, 0.25) is 0 Å². The molecule has 2 aliphatic rings. The molecule has 4 nitrogen and oxygen atoms in total. The summed E-state index contributed by atoms with van der Waals surface area (Å²) < 4.78 is 11.8. The van der Waals surface area contributed by atoms with Gasteiger partial charge < -0.3 is 9.45 Å². The van der Waals surface area contributed by atoms with Crippen LogP contribution in [0.25, 0.3) is 11.3 Å². The van der Waals surface area contributed by atoms with Crippen molar-refractivity contribution in [2.24, 2.45) is 0 Å². The Morgan fingerprint density at radius 1 is 1.26 bits per heavy atom. The summed E-state index contributed by atoms with van der Waals surface area (Å²) in [5, 5.41) is 0. The number of aromatic nitrogens is 2. The van der Waals surface area contributed by atoms with Gasteiger partial charge in [0.1, 0.15) is 6.26 Å². The van der Waals surface area contributed by atoms with Gasteiger partial charge in [0.2, 0.25) is 5.95 Å². The van der Waals surface area contributed by atoms with Gasteiger partial charge in [0, 0.05) is 35.5 Å². The third kappa shape index (κ3) is 2.62. The van der Waals surface area contributed by atoms with Crippen LogP contribution in [0.3, 0.4) is 0 Å². The third-order valence-electron chi connectivity index (χ3n) is 4.94. The molecule has 4 rings (SSSR count). The van der Waals surface area contributed by atoms with Gasteiger partial charge in [-0.05, 0) is 49.8 Å². The summed E-state index contributed by atoms with van der Waals surface area (Å²) in [6.07, 6.45) is 6.16. The Hall–Kier alpha value is -1.59. The van der Waals surface area contributed by atoms with E-state index < -0.39 is 11.2 Å². The number of hydrogen-bond donors (Lipinski definition) is 0. The minimum atomic E-state index is -0.975. The first-order valence-corrected chi connectivity index (χ1v) is 9.79. The van der Waals surface area contributed by atoms with Crippen molar-refractivity contribution in [2.75, 3.05) is 17.7 Å². The van der Waals surface area contributed by atoms with Gasteiger partial charge in [-0.1, -0.05) is 12.1 Å². The maximum atomic E-state index is 11.8. The molecule has 1 aromatic carbocycles. The van der Waals surface area contributed by atoms with Gasteiger partial charge in [0.25, 0.3) is 0 Å². The maximum absolute atomic E-state index is 11.8. The first-order valence-electron chi connectivity index (χ1n) is 8.24. The lowest BCUT2D eigenvalue weighted by molar-refractivity contribution is 0.470. The first-order chi connectivity index (χ1) is 11.1. The highest BCUT2D eigenvalue weighted by Crippen LogP contribution is 2.34. The SMILES string of the molecule is CC1CCN1c1nc2c(c(-c3cccc([S+](C)[O-])c3)n1)CCC2. The molecule has 0 bridgehead atoms. The standard InChI is InChI=1S/C18H21N3OS/c1-12-9-10-21(12)18-19-16-8-4-7-15(16)17(20-18)13-5-3-6-14(11-13)23(2)22/h3,5-6,11-12H,4,7-10H2,1-2H3. The van der Waals surface area contributed by atoms with Crippen LogP contribution < -0.4 is 4.90 Å². The van der Waals surface area contributed by atoms with Crippen molar-refractivity contribution in [1.82, 2.24) is 9.97 Å². The molecular formula is C18H21N3OS. The van der Waals surface area contributed by atoms with E-state index in [4.69, 9.17) is 9.97 Å². The van der Waals surface area contributed by atoms with Crippen LogP contribution >= 0.6 is 0 Å². The second kappa shape index (κ2) is 5.80. The van der Waals surface area contributed by atoms with Gasteiger partial charge in [-0.15, -0.1) is 0 Å². The fraction of sp³-hybridized carbons (Fsp3) is 0.444. The normalized spacial score (nSPS) is 21.0. The summed E-state index contributed by atoms with van der Waals surface area (Å²) in [5.41, 5.74) is 4.58. The number of nitrogens with zero attached hydrogens (tertiary/aromatic N) is 3. The van der Waals surface area contributed by atoms with E-state index in [-0.39, 0.29) is 0 Å². The number of aryl methyl sites for hydroxylation is 1. The zero-order chi connectivity index (χ0) is 16.0. The maximum Gasteiger partial charge on any atom is 0.226 e. The van der Waals surface area contributed by atoms with Gasteiger partial charge in [-0.25, -0.2) is 9.97 Å². The number of fused-ring (bicyclic) bond motifs is 1. The molecule has 2 unspecified atom stereocenters. The number of hydrogen-bond acceptors (Lipinski definition) is 4. The minimum Gasteiger partial charge on any atom is -0.612 e. The molecule has 1 aromatic heterocycles. The molecule has 0 radical (unpaired) electrons. The smallest absolute Gasteiger partial charge is 0.226 e. The predicted octanol–water partition coefficient (Wildman–Crippen LogP) is 2.97. The molecular weight excluding hydrogens is 306 g/mol. The molecule has 1 aliphatic carbocycles. The van der Waals surface area contributed by atoms with Crippen molar-refractivity contribution >= 4 is 17.1 Å². The lowest BCUT2D eigenvalue weighted by Crippen LogP contribution is -2.46. The van der Waals surface area contributed by atoms with Crippen molar-refractivity contribution in [3.63, 3.8) is 0 Å². The Morgan fingerprint density at radius 2 is 2.13 bits per heavy atom. The van der Waals surface area contributed by atoms with E-state index in [1.165, 1.54) is 17.7 Å². The van der Waals surface area contributed by atoms with E-state index in [9.17, 15) is 4.55 Å². The Morgan fingerprint density at radius 3 is 2.83 bits per heavy atom. The summed E-state index contributed by atoms with van der Waals surface area (Å²) in [6, 6.07) is 8.50. The molecule has 0 amide bonds. The predicted molar refractivity (Wildman–Crippen MR) is 93.3 cm³/mol. The molecule has 23 heavy (non-hydrogen) atoms. The van der Waals surface area contributed by atoms with Crippen molar-refractivity contribution in [3.8, 4) is 11.3 Å². The molecule has 1 aliphatic heterocycles. The van der Waals surface area contributed by atoms with E-state index in [0.717, 1.165) is 47.9 Å². The first kappa shape index (κ1) is 15.0. The van der Waals surface area contributed by atoms with Crippen LogP contribution in [-0.4, -0.2) is 33.4 Å². The van der Waals surface area contributed by atoms with Crippen molar-refractivity contribution in [1.29, 1.82) is 0 Å². The van der Waals surface area contributed by atoms with Crippen LogP contribution in [0, 0.1) is 0 Å². The topological polar surface area (TPSA) is 52.1 Å². The van der Waals surface area contributed by atoms with Crippen LogP contribution in [0.4, 0.5) is 5.95 Å². The number of rotatable bonds is 3. The zero-order valence-electron chi connectivity index (χ0n) is 13.6. The van der Waals surface area contributed by atoms with Crippen molar-refractivity contribution in [3.05, 3.63) is 35.5 Å². The van der Waals surface area contributed by atoms with Crippen LogP contribution in [0.15, 0.2) is 29.2 Å². The largest absolute Gasteiger partial charge is 0.612 e. The van der Waals surface area contributed by atoms with Gasteiger partial charge in [-0.3, -0.25) is 0 Å². The number of benzene rings is 1. The van der Waals surface area contributed by atoms with Crippen LogP contribution in [0.1, 0.15) is 31.0 Å². The highest BCUT2D eigenvalue weighted by Gasteiger charge is 2.29. The third-order valence-corrected chi connectivity index (χ3v) is 5.86. The zero-order valence-corrected chi connectivity index (χ0v) is 14.4. The highest BCUT2D eigenvalue weighted by atomic mass is 32.2. The Labute approximate surface area is 140 Å². The summed E-state index contributed by atoms with van der Waals surface area (Å²) in [7, 11) is 0. The molecule has 5 heteroatoms. The van der Waals surface area contributed by atoms with E-state index in [1.54, 1.807) is 6.26 Å². The lowest BCUT2D eigenvalue weighted by Gasteiger charge is -2.39. The van der Waals surface area contributed by atoms with Gasteiger partial charge in [0.05, 0.1) is 5.69 Å². The summed E-state index contributed by atoms with van der Waals surface area (Å²) in [6.45, 7) is 3.26. The number of anilines is 1. The van der Waals surface area contributed by atoms with Crippen LogP contribution in [-0.2, 0) is 24.0 Å². The average molecular weight is 327 g/mol. The summed E-state index contributed by atoms with van der Waals surface area (Å²) >= 11 is -0.975. The fourth-order valence-corrected chi connectivity index (χ4v) is 3.99. The Balaban J connectivity index is 1.82. The highest BCUT2D eigenvalue weighted by molar-refractivity contribution is 7.90. The fourth-order valence-electron chi connectivity index (χ4n) is 3.42. The van der Waals surface area contributed by atoms with E-state index >= 15 is 0 Å². The monoisotopic (exact) mass is 327 g/mol. The molecule has 2 atom stereocenters. The molecule has 1 fully saturated rings. The van der Waals surface area contributed by atoms with E-state index in [1.807, 2.05) is 18.2 Å². The molecule has 0 spiro atoms. The van der Waals surface area contributed by atoms with Gasteiger partial charge in [0.15, 0.2) is 4.90 Å². The molecule has 2 aromatic rings. The minimum absolute atomic E-state index is 0.525. The molecule has 1 saturated heterocycles.